The average molecular weight is 314 g/mol. The van der Waals surface area contributed by atoms with Crippen molar-refractivity contribution < 1.29 is 19.1 Å². The van der Waals surface area contributed by atoms with Crippen LogP contribution in [-0.2, 0) is 9.53 Å². The third-order valence-electron chi connectivity index (χ3n) is 3.32. The Labute approximate surface area is 134 Å². The van der Waals surface area contributed by atoms with Crippen molar-refractivity contribution in [2.45, 2.75) is 12.5 Å². The van der Waals surface area contributed by atoms with E-state index in [1.165, 1.54) is 13.3 Å². The van der Waals surface area contributed by atoms with Crippen molar-refractivity contribution >= 4 is 11.9 Å². The van der Waals surface area contributed by atoms with Crippen LogP contribution in [0.1, 0.15) is 28.4 Å². The van der Waals surface area contributed by atoms with Crippen molar-refractivity contribution in [1.82, 2.24) is 10.3 Å². The van der Waals surface area contributed by atoms with Crippen LogP contribution in [0.3, 0.4) is 0 Å². The van der Waals surface area contributed by atoms with E-state index in [1.807, 2.05) is 6.07 Å². The number of carbonyl (C=O) groups excluding carboxylic acids is 2. The van der Waals surface area contributed by atoms with Crippen LogP contribution in [0, 0.1) is 0 Å². The van der Waals surface area contributed by atoms with Gasteiger partial charge >= 0.3 is 5.97 Å². The maximum atomic E-state index is 12.3. The first-order valence-electron chi connectivity index (χ1n) is 7.05. The highest BCUT2D eigenvalue weighted by atomic mass is 16.5. The van der Waals surface area contributed by atoms with E-state index in [4.69, 9.17) is 9.47 Å². The molecule has 2 aromatic rings. The first kappa shape index (κ1) is 16.5. The van der Waals surface area contributed by atoms with Crippen LogP contribution >= 0.6 is 0 Å². The average Bonchev–Trinajstić information content (AvgIpc) is 2.61. The SMILES string of the molecule is COC(=O)CC(NC(=O)c1cccnc1)c1cccc(OC)c1. The van der Waals surface area contributed by atoms with Gasteiger partial charge in [-0.15, -0.1) is 0 Å². The molecule has 1 atom stereocenters. The van der Waals surface area contributed by atoms with Crippen LogP contribution in [-0.4, -0.2) is 31.1 Å². The number of nitrogens with zero attached hydrogens (tertiary/aromatic N) is 1. The molecule has 0 fully saturated rings. The number of hydrogen-bond donors (Lipinski definition) is 1. The van der Waals surface area contributed by atoms with Gasteiger partial charge in [0.15, 0.2) is 0 Å². The molecule has 0 saturated heterocycles. The molecule has 0 aliphatic rings. The van der Waals surface area contributed by atoms with E-state index in [0.29, 0.717) is 11.3 Å². The number of benzene rings is 1. The zero-order chi connectivity index (χ0) is 16.7. The van der Waals surface area contributed by atoms with Crippen LogP contribution in [0.2, 0.25) is 0 Å². The fourth-order valence-electron chi connectivity index (χ4n) is 2.10. The smallest absolute Gasteiger partial charge is 0.307 e. The summed E-state index contributed by atoms with van der Waals surface area (Å²) in [5, 5.41) is 2.83. The normalized spacial score (nSPS) is 11.4. The number of carbonyl (C=O) groups is 2. The van der Waals surface area contributed by atoms with Gasteiger partial charge in [-0.2, -0.15) is 0 Å². The fraction of sp³-hybridized carbons (Fsp3) is 0.235. The quantitative estimate of drug-likeness (QED) is 0.826. The molecule has 1 N–H and O–H groups in total. The van der Waals surface area contributed by atoms with Gasteiger partial charge in [0.05, 0.1) is 32.2 Å². The molecule has 0 aliphatic heterocycles. The number of pyridine rings is 1. The molecule has 1 amide bonds. The molecule has 0 bridgehead atoms. The summed E-state index contributed by atoms with van der Waals surface area (Å²) in [4.78, 5) is 27.9. The van der Waals surface area contributed by atoms with Gasteiger partial charge in [-0.1, -0.05) is 12.1 Å². The molecule has 0 radical (unpaired) electrons. The number of ether oxygens (including phenoxy) is 2. The second-order valence-electron chi connectivity index (χ2n) is 4.82. The molecule has 0 aliphatic carbocycles. The lowest BCUT2D eigenvalue weighted by molar-refractivity contribution is -0.141. The molecule has 2 rings (SSSR count). The van der Waals surface area contributed by atoms with Crippen molar-refractivity contribution in [2.75, 3.05) is 14.2 Å². The number of rotatable bonds is 6. The zero-order valence-electron chi connectivity index (χ0n) is 13.0. The molecule has 1 aromatic heterocycles. The van der Waals surface area contributed by atoms with E-state index in [2.05, 4.69) is 10.3 Å². The molecular weight excluding hydrogens is 296 g/mol. The molecule has 1 unspecified atom stereocenters. The van der Waals surface area contributed by atoms with Crippen molar-refractivity contribution in [2.24, 2.45) is 0 Å². The minimum Gasteiger partial charge on any atom is -0.497 e. The molecule has 1 aromatic carbocycles. The summed E-state index contributed by atoms with van der Waals surface area (Å²) in [7, 11) is 2.87. The van der Waals surface area contributed by atoms with Gasteiger partial charge in [0, 0.05) is 12.4 Å². The lowest BCUT2D eigenvalue weighted by atomic mass is 10.0. The van der Waals surface area contributed by atoms with Gasteiger partial charge < -0.3 is 14.8 Å². The minimum absolute atomic E-state index is 0.0235. The van der Waals surface area contributed by atoms with Gasteiger partial charge in [0.2, 0.25) is 0 Å². The summed E-state index contributed by atoms with van der Waals surface area (Å²) in [6.45, 7) is 0. The van der Waals surface area contributed by atoms with Crippen LogP contribution in [0.4, 0.5) is 0 Å². The summed E-state index contributed by atoms with van der Waals surface area (Å²) in [6.07, 6.45) is 3.08. The van der Waals surface area contributed by atoms with Gasteiger partial charge in [-0.05, 0) is 29.8 Å². The highest BCUT2D eigenvalue weighted by Crippen LogP contribution is 2.22. The second-order valence-corrected chi connectivity index (χ2v) is 4.82. The number of aromatic nitrogens is 1. The standard InChI is InChI=1S/C17H18N2O4/c1-22-14-7-3-5-12(9-14)15(10-16(20)23-2)19-17(21)13-6-4-8-18-11-13/h3-9,11,15H,10H2,1-2H3,(H,19,21). The Morgan fingerprint density at radius 3 is 2.70 bits per heavy atom. The zero-order valence-corrected chi connectivity index (χ0v) is 13.0. The van der Waals surface area contributed by atoms with Crippen molar-refractivity contribution in [1.29, 1.82) is 0 Å². The monoisotopic (exact) mass is 314 g/mol. The molecule has 6 heteroatoms. The molecule has 1 heterocycles. The van der Waals surface area contributed by atoms with Crippen LogP contribution in [0.5, 0.6) is 5.75 Å². The first-order valence-corrected chi connectivity index (χ1v) is 7.05. The predicted molar refractivity (Wildman–Crippen MR) is 84.1 cm³/mol. The van der Waals surface area contributed by atoms with E-state index in [9.17, 15) is 9.59 Å². The van der Waals surface area contributed by atoms with E-state index in [0.717, 1.165) is 5.56 Å². The summed E-state index contributed by atoms with van der Waals surface area (Å²) in [5.74, 6) is -0.0767. The van der Waals surface area contributed by atoms with E-state index < -0.39 is 12.0 Å². The highest BCUT2D eigenvalue weighted by molar-refractivity contribution is 5.94. The van der Waals surface area contributed by atoms with E-state index in [-0.39, 0.29) is 12.3 Å². The molecule has 6 nitrogen and oxygen atoms in total. The maximum Gasteiger partial charge on any atom is 0.307 e. The molecule has 0 saturated carbocycles. The number of nitrogens with one attached hydrogen (secondary N) is 1. The maximum absolute atomic E-state index is 12.3. The number of amides is 1. The Balaban J connectivity index is 2.23. The third-order valence-corrected chi connectivity index (χ3v) is 3.32. The van der Waals surface area contributed by atoms with Crippen molar-refractivity contribution in [3.63, 3.8) is 0 Å². The Morgan fingerprint density at radius 2 is 2.04 bits per heavy atom. The predicted octanol–water partition coefficient (Wildman–Crippen LogP) is 2.12. The van der Waals surface area contributed by atoms with E-state index >= 15 is 0 Å². The summed E-state index contributed by atoms with van der Waals surface area (Å²) < 4.78 is 9.90. The highest BCUT2D eigenvalue weighted by Gasteiger charge is 2.20. The molecular formula is C17H18N2O4. The van der Waals surface area contributed by atoms with Crippen molar-refractivity contribution in [3.05, 3.63) is 59.9 Å². The Bertz CT molecular complexity index is 673. The number of methoxy groups -OCH3 is 2. The van der Waals surface area contributed by atoms with E-state index in [1.54, 1.807) is 43.6 Å². The first-order chi connectivity index (χ1) is 11.1. The van der Waals surface area contributed by atoms with Crippen LogP contribution in [0.15, 0.2) is 48.8 Å². The second kappa shape index (κ2) is 7.93. The lowest BCUT2D eigenvalue weighted by Gasteiger charge is -2.19. The van der Waals surface area contributed by atoms with Crippen LogP contribution in [0.25, 0.3) is 0 Å². The summed E-state index contributed by atoms with van der Waals surface area (Å²) in [5.41, 5.74) is 1.18. The van der Waals surface area contributed by atoms with Gasteiger partial charge in [0.25, 0.3) is 5.91 Å². The Hall–Kier alpha value is -2.89. The largest absolute Gasteiger partial charge is 0.497 e. The summed E-state index contributed by atoms with van der Waals surface area (Å²) in [6, 6.07) is 10.00. The van der Waals surface area contributed by atoms with Crippen molar-refractivity contribution in [3.8, 4) is 5.75 Å². The van der Waals surface area contributed by atoms with Gasteiger partial charge in [0.1, 0.15) is 5.75 Å². The Kier molecular flexibility index (Phi) is 5.68. The molecule has 23 heavy (non-hydrogen) atoms. The third kappa shape index (κ3) is 4.54. The topological polar surface area (TPSA) is 77.5 Å². The minimum atomic E-state index is -0.523. The summed E-state index contributed by atoms with van der Waals surface area (Å²) >= 11 is 0. The lowest BCUT2D eigenvalue weighted by Crippen LogP contribution is -2.30. The molecule has 0 spiro atoms. The number of hydrogen-bond acceptors (Lipinski definition) is 5. The van der Waals surface area contributed by atoms with Gasteiger partial charge in [-0.25, -0.2) is 0 Å². The Morgan fingerprint density at radius 1 is 1.22 bits per heavy atom. The van der Waals surface area contributed by atoms with Gasteiger partial charge in [-0.3, -0.25) is 14.6 Å². The van der Waals surface area contributed by atoms with Crippen LogP contribution < -0.4 is 10.1 Å². The molecule has 120 valence electrons. The number of esters is 1. The fourth-order valence-corrected chi connectivity index (χ4v) is 2.10.